The smallest absolute Gasteiger partial charge is 0.247 e. The molecule has 1 aliphatic heterocycles. The Labute approximate surface area is 227 Å². The predicted molar refractivity (Wildman–Crippen MR) is 147 cm³/mol. The van der Waals surface area contributed by atoms with Crippen LogP contribution in [0.3, 0.4) is 0 Å². The monoisotopic (exact) mass is 527 g/mol. The first-order valence-electron chi connectivity index (χ1n) is 13.2. The Kier molecular flexibility index (Phi) is 8.17. The molecule has 0 spiro atoms. The third-order valence-corrected chi connectivity index (χ3v) is 7.02. The fraction of sp³-hybridized carbons (Fsp3) is 0.333. The number of methoxy groups -OCH3 is 1. The van der Waals surface area contributed by atoms with Gasteiger partial charge >= 0.3 is 0 Å². The van der Waals surface area contributed by atoms with Gasteiger partial charge in [0.1, 0.15) is 23.9 Å². The van der Waals surface area contributed by atoms with E-state index >= 15 is 0 Å². The minimum atomic E-state index is -0.874. The predicted octanol–water partition coefficient (Wildman–Crippen LogP) is 3.81. The summed E-state index contributed by atoms with van der Waals surface area (Å²) in [6.45, 7) is 3.30. The Balaban J connectivity index is 1.49. The Hall–Kier alpha value is -4.24. The van der Waals surface area contributed by atoms with E-state index in [9.17, 15) is 9.59 Å². The van der Waals surface area contributed by atoms with Gasteiger partial charge in [-0.15, -0.1) is 5.10 Å². The summed E-state index contributed by atoms with van der Waals surface area (Å²) in [5.41, 5.74) is 4.18. The molecule has 1 N–H and O–H groups in total. The van der Waals surface area contributed by atoms with Crippen LogP contribution in [0.25, 0.3) is 11.0 Å². The topological polar surface area (TPSA) is 98.6 Å². The highest BCUT2D eigenvalue weighted by Gasteiger charge is 2.33. The molecule has 3 aromatic carbocycles. The van der Waals surface area contributed by atoms with Crippen LogP contribution in [-0.4, -0.2) is 58.1 Å². The summed E-state index contributed by atoms with van der Waals surface area (Å²) in [6, 6.07) is 21.8. The third kappa shape index (κ3) is 6.26. The molecule has 1 saturated heterocycles. The lowest BCUT2D eigenvalue weighted by molar-refractivity contribution is -0.142. The molecule has 1 aromatic heterocycles. The summed E-state index contributed by atoms with van der Waals surface area (Å²) in [6.07, 6.45) is 1.86. The van der Waals surface area contributed by atoms with Crippen molar-refractivity contribution < 1.29 is 19.1 Å². The maximum atomic E-state index is 14.0. The fourth-order valence-electron chi connectivity index (χ4n) is 4.84. The molecule has 0 aliphatic carbocycles. The standard InChI is InChI=1S/C30H33N5O4/c1-21-9-11-22(12-10-21)19-34(28(36)20-35-27-8-4-3-7-26(27)32-33-35)29(23-13-15-24(38-2)16-14-23)30(37)31-18-25-6-5-17-39-25/h3-4,7-16,25,29H,5-6,17-20H2,1-2H3,(H,31,37)/t25-,29-/m1/s1. The van der Waals surface area contributed by atoms with Crippen molar-refractivity contribution in [3.63, 3.8) is 0 Å². The van der Waals surface area contributed by atoms with Crippen molar-refractivity contribution in [2.45, 2.75) is 45.0 Å². The molecule has 9 heteroatoms. The number of aryl methyl sites for hydroxylation is 1. The van der Waals surface area contributed by atoms with Crippen LogP contribution in [0.5, 0.6) is 5.75 Å². The largest absolute Gasteiger partial charge is 0.497 e. The zero-order chi connectivity index (χ0) is 27.2. The maximum absolute atomic E-state index is 14.0. The quantitative estimate of drug-likeness (QED) is 0.337. The van der Waals surface area contributed by atoms with E-state index in [2.05, 4.69) is 15.6 Å². The van der Waals surface area contributed by atoms with Gasteiger partial charge < -0.3 is 19.7 Å². The van der Waals surface area contributed by atoms with Crippen molar-refractivity contribution >= 4 is 22.8 Å². The molecule has 0 saturated carbocycles. The van der Waals surface area contributed by atoms with E-state index in [1.165, 1.54) is 0 Å². The van der Waals surface area contributed by atoms with Crippen LogP contribution in [0.4, 0.5) is 0 Å². The lowest BCUT2D eigenvalue weighted by Gasteiger charge is -2.32. The highest BCUT2D eigenvalue weighted by molar-refractivity contribution is 5.89. The summed E-state index contributed by atoms with van der Waals surface area (Å²) in [5, 5.41) is 11.4. The van der Waals surface area contributed by atoms with Crippen LogP contribution in [0.1, 0.15) is 35.6 Å². The van der Waals surface area contributed by atoms with Gasteiger partial charge in [0.25, 0.3) is 0 Å². The Bertz CT molecular complexity index is 1410. The van der Waals surface area contributed by atoms with Gasteiger partial charge in [-0.25, -0.2) is 4.68 Å². The number of hydrogen-bond acceptors (Lipinski definition) is 6. The van der Waals surface area contributed by atoms with Crippen LogP contribution in [0, 0.1) is 6.92 Å². The normalized spacial score (nSPS) is 15.7. The van der Waals surface area contributed by atoms with E-state index < -0.39 is 6.04 Å². The van der Waals surface area contributed by atoms with Gasteiger partial charge in [-0.2, -0.15) is 0 Å². The van der Waals surface area contributed by atoms with Gasteiger partial charge in [-0.3, -0.25) is 9.59 Å². The Morgan fingerprint density at radius 3 is 2.59 bits per heavy atom. The number of carbonyl (C=O) groups excluding carboxylic acids is 2. The van der Waals surface area contributed by atoms with Crippen LogP contribution in [0.15, 0.2) is 72.8 Å². The SMILES string of the molecule is COc1ccc([C@H](C(=O)NC[C@H]2CCCO2)N(Cc2ccc(C)cc2)C(=O)Cn2nnc3ccccc32)cc1. The molecule has 0 unspecified atom stereocenters. The summed E-state index contributed by atoms with van der Waals surface area (Å²) in [5.74, 6) is 0.154. The molecule has 2 heterocycles. The second-order valence-electron chi connectivity index (χ2n) is 9.80. The minimum absolute atomic E-state index is 0.0202. The number of para-hydroxylation sites is 1. The highest BCUT2D eigenvalue weighted by Crippen LogP contribution is 2.27. The molecular weight excluding hydrogens is 494 g/mol. The Morgan fingerprint density at radius 1 is 1.10 bits per heavy atom. The first-order valence-corrected chi connectivity index (χ1v) is 13.2. The van der Waals surface area contributed by atoms with Crippen molar-refractivity contribution in [3.05, 3.63) is 89.5 Å². The number of nitrogens with zero attached hydrogens (tertiary/aromatic N) is 4. The van der Waals surface area contributed by atoms with Crippen molar-refractivity contribution in [1.82, 2.24) is 25.2 Å². The number of rotatable bonds is 10. The number of carbonyl (C=O) groups is 2. The first-order chi connectivity index (χ1) is 19.0. The number of hydrogen-bond donors (Lipinski definition) is 1. The van der Waals surface area contributed by atoms with Gasteiger partial charge in [0.2, 0.25) is 11.8 Å². The average molecular weight is 528 g/mol. The number of aromatic nitrogens is 3. The molecule has 9 nitrogen and oxygen atoms in total. The van der Waals surface area contributed by atoms with Crippen LogP contribution >= 0.6 is 0 Å². The zero-order valence-corrected chi connectivity index (χ0v) is 22.2. The molecule has 1 aliphatic rings. The first kappa shape index (κ1) is 26.4. The van der Waals surface area contributed by atoms with E-state index in [-0.39, 0.29) is 31.0 Å². The van der Waals surface area contributed by atoms with Gasteiger partial charge in [0.15, 0.2) is 0 Å². The lowest BCUT2D eigenvalue weighted by atomic mass is 10.0. The van der Waals surface area contributed by atoms with E-state index in [1.807, 2.05) is 67.6 Å². The van der Waals surface area contributed by atoms with Crippen molar-refractivity contribution in [1.29, 1.82) is 0 Å². The van der Waals surface area contributed by atoms with E-state index in [1.54, 1.807) is 28.8 Å². The maximum Gasteiger partial charge on any atom is 0.247 e. The van der Waals surface area contributed by atoms with Gasteiger partial charge in [-0.1, -0.05) is 59.3 Å². The number of amides is 2. The minimum Gasteiger partial charge on any atom is -0.497 e. The number of fused-ring (bicyclic) bond motifs is 1. The summed E-state index contributed by atoms with van der Waals surface area (Å²) in [4.78, 5) is 29.5. The third-order valence-electron chi connectivity index (χ3n) is 7.02. The molecule has 4 aromatic rings. The van der Waals surface area contributed by atoms with E-state index in [0.717, 1.165) is 29.5 Å². The Morgan fingerprint density at radius 2 is 1.87 bits per heavy atom. The summed E-state index contributed by atoms with van der Waals surface area (Å²) < 4.78 is 12.6. The number of ether oxygens (including phenoxy) is 2. The molecule has 202 valence electrons. The molecule has 5 rings (SSSR count). The molecule has 0 radical (unpaired) electrons. The molecule has 2 atom stereocenters. The van der Waals surface area contributed by atoms with Crippen LogP contribution in [0.2, 0.25) is 0 Å². The molecule has 39 heavy (non-hydrogen) atoms. The van der Waals surface area contributed by atoms with Crippen molar-refractivity contribution in [3.8, 4) is 5.75 Å². The zero-order valence-electron chi connectivity index (χ0n) is 22.2. The van der Waals surface area contributed by atoms with E-state index in [4.69, 9.17) is 9.47 Å². The van der Waals surface area contributed by atoms with E-state index in [0.29, 0.717) is 30.0 Å². The molecule has 2 amide bonds. The second kappa shape index (κ2) is 12.1. The molecule has 0 bridgehead atoms. The van der Waals surface area contributed by atoms with Crippen LogP contribution in [-0.2, 0) is 27.4 Å². The second-order valence-corrected chi connectivity index (χ2v) is 9.80. The molecule has 1 fully saturated rings. The van der Waals surface area contributed by atoms with Crippen LogP contribution < -0.4 is 10.1 Å². The summed E-state index contributed by atoms with van der Waals surface area (Å²) >= 11 is 0. The average Bonchev–Trinajstić information content (AvgIpc) is 3.63. The lowest BCUT2D eigenvalue weighted by Crippen LogP contribution is -2.46. The number of nitrogens with one attached hydrogen (secondary N) is 1. The molecular formula is C30H33N5O4. The number of benzene rings is 3. The van der Waals surface area contributed by atoms with Crippen molar-refractivity contribution in [2.75, 3.05) is 20.3 Å². The fourth-order valence-corrected chi connectivity index (χ4v) is 4.84. The van der Waals surface area contributed by atoms with Gasteiger partial charge in [-0.05, 0) is 55.2 Å². The summed E-state index contributed by atoms with van der Waals surface area (Å²) in [7, 11) is 1.59. The highest BCUT2D eigenvalue weighted by atomic mass is 16.5. The van der Waals surface area contributed by atoms with Gasteiger partial charge in [0.05, 0.1) is 18.7 Å². The van der Waals surface area contributed by atoms with Crippen molar-refractivity contribution in [2.24, 2.45) is 0 Å². The van der Waals surface area contributed by atoms with Gasteiger partial charge in [0, 0.05) is 19.7 Å².